The topological polar surface area (TPSA) is 86.7 Å². The Bertz CT molecular complexity index is 810. The molecular formula is C26H40N2O4. The Hall–Kier alpha value is -2.63. The molecule has 32 heavy (non-hydrogen) atoms. The summed E-state index contributed by atoms with van der Waals surface area (Å²) in [6.45, 7) is 13.2. The second-order valence-electron chi connectivity index (χ2n) is 9.19. The summed E-state index contributed by atoms with van der Waals surface area (Å²) in [5, 5.41) is 12.3. The van der Waals surface area contributed by atoms with Gasteiger partial charge in [-0.3, -0.25) is 9.59 Å². The molecule has 0 saturated carbocycles. The summed E-state index contributed by atoms with van der Waals surface area (Å²) in [4.78, 5) is 39.9. The molecule has 6 nitrogen and oxygen atoms in total. The summed E-state index contributed by atoms with van der Waals surface area (Å²) in [5.74, 6) is -1.52. The average molecular weight is 445 g/mol. The van der Waals surface area contributed by atoms with Crippen molar-refractivity contribution in [2.45, 2.75) is 78.8 Å². The van der Waals surface area contributed by atoms with E-state index in [0.29, 0.717) is 12.8 Å². The molecule has 0 aromatic heterocycles. The summed E-state index contributed by atoms with van der Waals surface area (Å²) < 4.78 is 0. The molecule has 0 bridgehead atoms. The zero-order valence-electron chi connectivity index (χ0n) is 20.8. The molecule has 1 aromatic carbocycles. The van der Waals surface area contributed by atoms with Crippen LogP contribution in [0, 0.1) is 11.8 Å². The van der Waals surface area contributed by atoms with Crippen molar-refractivity contribution in [3.8, 4) is 0 Å². The fraction of sp³-hybridized carbons (Fsp3) is 0.577. The lowest BCUT2D eigenvalue weighted by Crippen LogP contribution is -2.57. The first-order valence-corrected chi connectivity index (χ1v) is 11.5. The predicted molar refractivity (Wildman–Crippen MR) is 128 cm³/mol. The van der Waals surface area contributed by atoms with Gasteiger partial charge in [-0.15, -0.1) is 0 Å². The van der Waals surface area contributed by atoms with E-state index in [2.05, 4.69) is 5.32 Å². The molecule has 0 aliphatic heterocycles. The zero-order valence-corrected chi connectivity index (χ0v) is 20.8. The van der Waals surface area contributed by atoms with Crippen LogP contribution < -0.4 is 5.32 Å². The van der Waals surface area contributed by atoms with Gasteiger partial charge in [0, 0.05) is 12.6 Å². The number of hydrogen-bond acceptors (Lipinski definition) is 3. The fourth-order valence-corrected chi connectivity index (χ4v) is 4.11. The SMILES string of the molecule is CCC(CC)(C(=O)N[C@H](C(=O)N(C)[C@H](/C=C(\C)C(=O)O)C(C)C)C(C)C)c1ccccc1. The smallest absolute Gasteiger partial charge is 0.331 e. The van der Waals surface area contributed by atoms with Crippen molar-refractivity contribution >= 4 is 17.8 Å². The summed E-state index contributed by atoms with van der Waals surface area (Å²) in [5.41, 5.74) is 0.407. The number of carboxylic acids is 1. The zero-order chi connectivity index (χ0) is 24.6. The minimum Gasteiger partial charge on any atom is -0.478 e. The van der Waals surface area contributed by atoms with Gasteiger partial charge in [-0.1, -0.05) is 78.0 Å². The van der Waals surface area contributed by atoms with Crippen LogP contribution in [-0.2, 0) is 19.8 Å². The van der Waals surface area contributed by atoms with E-state index >= 15 is 0 Å². The molecule has 2 amide bonds. The first-order chi connectivity index (χ1) is 14.9. The van der Waals surface area contributed by atoms with E-state index in [0.717, 1.165) is 5.56 Å². The van der Waals surface area contributed by atoms with Gasteiger partial charge < -0.3 is 15.3 Å². The number of hydrogen-bond donors (Lipinski definition) is 2. The van der Waals surface area contributed by atoms with Gasteiger partial charge in [-0.05, 0) is 37.2 Å². The van der Waals surface area contributed by atoms with Crippen LogP contribution in [0.3, 0.4) is 0 Å². The van der Waals surface area contributed by atoms with E-state index < -0.39 is 23.5 Å². The highest BCUT2D eigenvalue weighted by molar-refractivity contribution is 5.93. The summed E-state index contributed by atoms with van der Waals surface area (Å²) in [6.07, 6.45) is 2.84. The van der Waals surface area contributed by atoms with E-state index in [4.69, 9.17) is 0 Å². The van der Waals surface area contributed by atoms with Gasteiger partial charge in [-0.25, -0.2) is 4.79 Å². The molecule has 0 spiro atoms. The number of likely N-dealkylation sites (N-methyl/N-ethyl adjacent to an activating group) is 1. The van der Waals surface area contributed by atoms with Gasteiger partial charge in [0.1, 0.15) is 6.04 Å². The largest absolute Gasteiger partial charge is 0.478 e. The van der Waals surface area contributed by atoms with Crippen LogP contribution in [0.25, 0.3) is 0 Å². The van der Waals surface area contributed by atoms with Crippen molar-refractivity contribution in [3.05, 3.63) is 47.5 Å². The highest BCUT2D eigenvalue weighted by atomic mass is 16.4. The summed E-state index contributed by atoms with van der Waals surface area (Å²) in [7, 11) is 1.67. The van der Waals surface area contributed by atoms with Gasteiger partial charge in [0.15, 0.2) is 0 Å². The van der Waals surface area contributed by atoms with Gasteiger partial charge in [0.25, 0.3) is 0 Å². The maximum atomic E-state index is 13.6. The molecule has 6 heteroatoms. The predicted octanol–water partition coefficient (Wildman–Crippen LogP) is 4.40. The normalized spacial score (nSPS) is 14.2. The molecule has 0 heterocycles. The number of carboxylic acid groups (broad SMARTS) is 1. The number of carbonyl (C=O) groups excluding carboxylic acids is 2. The van der Waals surface area contributed by atoms with Crippen LogP contribution in [0.2, 0.25) is 0 Å². The first kappa shape index (κ1) is 27.4. The van der Waals surface area contributed by atoms with Crippen molar-refractivity contribution in [2.75, 3.05) is 7.05 Å². The monoisotopic (exact) mass is 444 g/mol. The molecule has 0 radical (unpaired) electrons. The Labute approximate surface area is 193 Å². The number of nitrogens with one attached hydrogen (secondary N) is 1. The van der Waals surface area contributed by atoms with Crippen molar-refractivity contribution in [1.29, 1.82) is 0 Å². The highest BCUT2D eigenvalue weighted by Crippen LogP contribution is 2.32. The molecule has 178 valence electrons. The van der Waals surface area contributed by atoms with E-state index in [9.17, 15) is 19.5 Å². The number of amides is 2. The third-order valence-electron chi connectivity index (χ3n) is 6.42. The Morgan fingerprint density at radius 1 is 1.03 bits per heavy atom. The summed E-state index contributed by atoms with van der Waals surface area (Å²) in [6, 6.07) is 8.57. The van der Waals surface area contributed by atoms with Crippen LogP contribution in [0.4, 0.5) is 0 Å². The second-order valence-corrected chi connectivity index (χ2v) is 9.19. The number of benzene rings is 1. The van der Waals surface area contributed by atoms with Gasteiger partial charge in [0.05, 0.1) is 11.5 Å². The van der Waals surface area contributed by atoms with E-state index in [1.807, 2.05) is 71.9 Å². The van der Waals surface area contributed by atoms with Crippen LogP contribution in [0.15, 0.2) is 42.0 Å². The maximum absolute atomic E-state index is 13.6. The lowest BCUT2D eigenvalue weighted by molar-refractivity contribution is -0.140. The quantitative estimate of drug-likeness (QED) is 0.495. The second kappa shape index (κ2) is 11.8. The van der Waals surface area contributed by atoms with Crippen molar-refractivity contribution in [1.82, 2.24) is 10.2 Å². The van der Waals surface area contributed by atoms with Gasteiger partial charge in [-0.2, -0.15) is 0 Å². The lowest BCUT2D eigenvalue weighted by atomic mass is 9.74. The average Bonchev–Trinajstić information content (AvgIpc) is 2.76. The third kappa shape index (κ3) is 6.21. The Balaban J connectivity index is 3.26. The Kier molecular flexibility index (Phi) is 10.1. The lowest BCUT2D eigenvalue weighted by Gasteiger charge is -2.37. The molecule has 2 atom stereocenters. The Morgan fingerprint density at radius 3 is 1.97 bits per heavy atom. The highest BCUT2D eigenvalue weighted by Gasteiger charge is 2.40. The molecule has 0 unspecified atom stereocenters. The minimum atomic E-state index is -1.01. The number of aliphatic carboxylic acids is 1. The fourth-order valence-electron chi connectivity index (χ4n) is 4.11. The molecule has 0 aliphatic carbocycles. The first-order valence-electron chi connectivity index (χ1n) is 11.5. The Morgan fingerprint density at radius 2 is 1.56 bits per heavy atom. The third-order valence-corrected chi connectivity index (χ3v) is 6.42. The molecule has 0 aliphatic rings. The molecule has 2 N–H and O–H groups in total. The standard InChI is InChI=1S/C26H40N2O4/c1-9-26(10-2,20-14-12-11-13-15-20)25(32)27-22(18(5)6)23(29)28(8)21(17(3)4)16-19(7)24(30)31/h11-18,21-22H,9-10H2,1-8H3,(H,27,32)(H,30,31)/b19-16+/t21-,22+/m1/s1. The van der Waals surface area contributed by atoms with Crippen LogP contribution >= 0.6 is 0 Å². The van der Waals surface area contributed by atoms with Crippen LogP contribution in [-0.4, -0.2) is 46.9 Å². The molecule has 0 fully saturated rings. The molecule has 1 rings (SSSR count). The molecule has 0 saturated heterocycles. The molecule has 1 aromatic rings. The number of carbonyl (C=O) groups is 3. The van der Waals surface area contributed by atoms with Crippen LogP contribution in [0.5, 0.6) is 0 Å². The van der Waals surface area contributed by atoms with Crippen LogP contribution in [0.1, 0.15) is 66.9 Å². The number of nitrogens with zero attached hydrogens (tertiary/aromatic N) is 1. The van der Waals surface area contributed by atoms with Gasteiger partial charge in [0.2, 0.25) is 11.8 Å². The van der Waals surface area contributed by atoms with Gasteiger partial charge >= 0.3 is 5.97 Å². The summed E-state index contributed by atoms with van der Waals surface area (Å²) >= 11 is 0. The van der Waals surface area contributed by atoms with Crippen molar-refractivity contribution in [3.63, 3.8) is 0 Å². The van der Waals surface area contributed by atoms with E-state index in [1.54, 1.807) is 18.0 Å². The van der Waals surface area contributed by atoms with E-state index in [1.165, 1.54) is 6.92 Å². The van der Waals surface area contributed by atoms with Crippen molar-refractivity contribution < 1.29 is 19.5 Å². The number of rotatable bonds is 11. The minimum absolute atomic E-state index is 0.0106. The molecular weight excluding hydrogens is 404 g/mol. The maximum Gasteiger partial charge on any atom is 0.331 e. The van der Waals surface area contributed by atoms with E-state index in [-0.39, 0.29) is 29.2 Å². The van der Waals surface area contributed by atoms with Crippen molar-refractivity contribution in [2.24, 2.45) is 11.8 Å².